The fourth-order valence-electron chi connectivity index (χ4n) is 3.45. The minimum atomic E-state index is -0.658. The molecule has 1 heterocycles. The average Bonchev–Trinajstić information content (AvgIpc) is 3.23. The number of nitrogens with one attached hydrogen (secondary N) is 1. The number of amides is 1. The molecule has 178 valence electrons. The summed E-state index contributed by atoms with van der Waals surface area (Å²) in [6, 6.07) is 20.4. The van der Waals surface area contributed by atoms with Crippen LogP contribution in [-0.4, -0.2) is 38.0 Å². The molecule has 8 heteroatoms. The van der Waals surface area contributed by atoms with Gasteiger partial charge in [0.2, 0.25) is 5.78 Å². The van der Waals surface area contributed by atoms with Crippen LogP contribution in [-0.2, 0) is 9.53 Å². The number of aryl methyl sites for hydroxylation is 1. The molecule has 0 unspecified atom stereocenters. The van der Waals surface area contributed by atoms with Gasteiger partial charge in [-0.1, -0.05) is 24.3 Å². The Morgan fingerprint density at radius 1 is 0.886 bits per heavy atom. The first-order valence-corrected chi connectivity index (χ1v) is 10.8. The Balaban J connectivity index is 1.27. The number of ether oxygens (including phenoxy) is 3. The maximum absolute atomic E-state index is 12.5. The van der Waals surface area contributed by atoms with Crippen molar-refractivity contribution < 1.29 is 33.0 Å². The number of fused-ring (bicyclic) bond motifs is 1. The number of para-hydroxylation sites is 1. The number of Topliss-reactive ketones (excluding diaryl/α,β-unsaturated/α-hetero) is 1. The van der Waals surface area contributed by atoms with Gasteiger partial charge in [0.1, 0.15) is 17.1 Å². The molecule has 0 saturated carbocycles. The number of anilines is 1. The molecule has 1 aromatic heterocycles. The van der Waals surface area contributed by atoms with E-state index in [1.807, 2.05) is 18.2 Å². The Morgan fingerprint density at radius 3 is 2.40 bits per heavy atom. The minimum absolute atomic E-state index is 0.176. The summed E-state index contributed by atoms with van der Waals surface area (Å²) < 4.78 is 21.4. The molecule has 8 nitrogen and oxygen atoms in total. The molecule has 0 aliphatic rings. The highest BCUT2D eigenvalue weighted by Crippen LogP contribution is 2.25. The van der Waals surface area contributed by atoms with Crippen molar-refractivity contribution in [2.75, 3.05) is 25.6 Å². The standard InChI is InChI=1S/C27H23NO7/c1-17-22-8-3-4-9-24(22)35-26(17)23(29)15-34-27(31)18-10-12-20(13-11-18)33-16-25(30)28-19-6-5-7-21(14-19)32-2/h3-14H,15-16H2,1-2H3,(H,28,30). The van der Waals surface area contributed by atoms with Crippen LogP contribution in [0.3, 0.4) is 0 Å². The molecule has 4 rings (SSSR count). The van der Waals surface area contributed by atoms with Gasteiger partial charge in [-0.25, -0.2) is 4.79 Å². The number of methoxy groups -OCH3 is 1. The van der Waals surface area contributed by atoms with Gasteiger partial charge < -0.3 is 23.9 Å². The molecule has 3 aromatic carbocycles. The van der Waals surface area contributed by atoms with Gasteiger partial charge in [0.15, 0.2) is 19.0 Å². The van der Waals surface area contributed by atoms with Crippen molar-refractivity contribution in [3.63, 3.8) is 0 Å². The van der Waals surface area contributed by atoms with E-state index in [-0.39, 0.29) is 23.8 Å². The van der Waals surface area contributed by atoms with Crippen LogP contribution in [0.1, 0.15) is 26.5 Å². The number of hydrogen-bond donors (Lipinski definition) is 1. The summed E-state index contributed by atoms with van der Waals surface area (Å²) in [4.78, 5) is 37.0. The van der Waals surface area contributed by atoms with Crippen molar-refractivity contribution in [1.82, 2.24) is 0 Å². The van der Waals surface area contributed by atoms with Crippen molar-refractivity contribution in [2.24, 2.45) is 0 Å². The molecule has 0 fully saturated rings. The molecular formula is C27H23NO7. The normalized spacial score (nSPS) is 10.6. The second-order valence-corrected chi connectivity index (χ2v) is 7.64. The number of furan rings is 1. The number of carbonyl (C=O) groups excluding carboxylic acids is 3. The summed E-state index contributed by atoms with van der Waals surface area (Å²) in [5.41, 5.74) is 2.14. The fourth-order valence-corrected chi connectivity index (χ4v) is 3.45. The first-order valence-electron chi connectivity index (χ1n) is 10.8. The average molecular weight is 473 g/mol. The second-order valence-electron chi connectivity index (χ2n) is 7.64. The molecule has 0 spiro atoms. The van der Waals surface area contributed by atoms with Gasteiger partial charge in [-0.15, -0.1) is 0 Å². The van der Waals surface area contributed by atoms with E-state index in [9.17, 15) is 14.4 Å². The quantitative estimate of drug-likeness (QED) is 0.275. The Bertz CT molecular complexity index is 1370. The number of esters is 1. The van der Waals surface area contributed by atoms with Crippen LogP contribution in [0.4, 0.5) is 5.69 Å². The monoisotopic (exact) mass is 473 g/mol. The third kappa shape index (κ3) is 5.67. The van der Waals surface area contributed by atoms with Gasteiger partial charge in [-0.2, -0.15) is 0 Å². The Morgan fingerprint density at radius 2 is 1.66 bits per heavy atom. The lowest BCUT2D eigenvalue weighted by Crippen LogP contribution is -2.20. The van der Waals surface area contributed by atoms with E-state index in [4.69, 9.17) is 18.6 Å². The molecule has 0 bridgehead atoms. The Labute approximate surface area is 201 Å². The molecule has 0 atom stereocenters. The van der Waals surface area contributed by atoms with Crippen LogP contribution >= 0.6 is 0 Å². The predicted molar refractivity (Wildman–Crippen MR) is 129 cm³/mol. The summed E-state index contributed by atoms with van der Waals surface area (Å²) >= 11 is 0. The number of rotatable bonds is 9. The SMILES string of the molecule is COc1cccc(NC(=O)COc2ccc(C(=O)OCC(=O)c3oc4ccccc4c3C)cc2)c1. The third-order valence-corrected chi connectivity index (χ3v) is 5.24. The third-order valence-electron chi connectivity index (χ3n) is 5.24. The van der Waals surface area contributed by atoms with E-state index >= 15 is 0 Å². The molecule has 0 saturated heterocycles. The fraction of sp³-hybridized carbons (Fsp3) is 0.148. The van der Waals surface area contributed by atoms with Gasteiger partial charge in [0.25, 0.3) is 5.91 Å². The summed E-state index contributed by atoms with van der Waals surface area (Å²) in [7, 11) is 1.54. The zero-order chi connectivity index (χ0) is 24.8. The van der Waals surface area contributed by atoms with Crippen molar-refractivity contribution in [3.8, 4) is 11.5 Å². The van der Waals surface area contributed by atoms with Gasteiger partial charge in [-0.05, 0) is 49.4 Å². The maximum atomic E-state index is 12.5. The van der Waals surface area contributed by atoms with E-state index < -0.39 is 18.4 Å². The van der Waals surface area contributed by atoms with E-state index in [1.165, 1.54) is 12.1 Å². The lowest BCUT2D eigenvalue weighted by molar-refractivity contribution is -0.118. The Hall–Kier alpha value is -4.59. The lowest BCUT2D eigenvalue weighted by Gasteiger charge is -2.09. The van der Waals surface area contributed by atoms with Crippen LogP contribution in [0.2, 0.25) is 0 Å². The number of carbonyl (C=O) groups is 3. The topological polar surface area (TPSA) is 104 Å². The van der Waals surface area contributed by atoms with E-state index in [1.54, 1.807) is 56.5 Å². The van der Waals surface area contributed by atoms with Crippen molar-refractivity contribution in [1.29, 1.82) is 0 Å². The highest BCUT2D eigenvalue weighted by molar-refractivity contribution is 6.02. The van der Waals surface area contributed by atoms with E-state index in [2.05, 4.69) is 5.32 Å². The lowest BCUT2D eigenvalue weighted by atomic mass is 10.1. The molecule has 0 aliphatic heterocycles. The number of hydrogen-bond acceptors (Lipinski definition) is 7. The number of ketones is 1. The molecule has 35 heavy (non-hydrogen) atoms. The minimum Gasteiger partial charge on any atom is -0.497 e. The van der Waals surface area contributed by atoms with Crippen LogP contribution < -0.4 is 14.8 Å². The first-order chi connectivity index (χ1) is 16.9. The Kier molecular flexibility index (Phi) is 7.11. The van der Waals surface area contributed by atoms with Crippen molar-refractivity contribution >= 4 is 34.3 Å². The predicted octanol–water partition coefficient (Wildman–Crippen LogP) is 4.81. The summed E-state index contributed by atoms with van der Waals surface area (Å²) in [6.07, 6.45) is 0. The van der Waals surface area contributed by atoms with Crippen LogP contribution in [0.5, 0.6) is 11.5 Å². The molecule has 0 aliphatic carbocycles. The molecular weight excluding hydrogens is 450 g/mol. The molecule has 4 aromatic rings. The van der Waals surface area contributed by atoms with Gasteiger partial charge in [0.05, 0.1) is 12.7 Å². The van der Waals surface area contributed by atoms with Crippen LogP contribution in [0.25, 0.3) is 11.0 Å². The van der Waals surface area contributed by atoms with E-state index in [0.717, 1.165) is 5.39 Å². The summed E-state index contributed by atoms with van der Waals surface area (Å²) in [5.74, 6) is -0.225. The van der Waals surface area contributed by atoms with Crippen molar-refractivity contribution in [2.45, 2.75) is 6.92 Å². The zero-order valence-corrected chi connectivity index (χ0v) is 19.2. The van der Waals surface area contributed by atoms with Crippen LogP contribution in [0.15, 0.2) is 77.2 Å². The smallest absolute Gasteiger partial charge is 0.338 e. The zero-order valence-electron chi connectivity index (χ0n) is 19.2. The molecule has 1 N–H and O–H groups in total. The second kappa shape index (κ2) is 10.6. The van der Waals surface area contributed by atoms with Gasteiger partial charge >= 0.3 is 5.97 Å². The van der Waals surface area contributed by atoms with Crippen molar-refractivity contribution in [3.05, 3.63) is 89.7 Å². The maximum Gasteiger partial charge on any atom is 0.338 e. The summed E-state index contributed by atoms with van der Waals surface area (Å²) in [6.45, 7) is 1.13. The molecule has 1 amide bonds. The molecule has 0 radical (unpaired) electrons. The highest BCUT2D eigenvalue weighted by Gasteiger charge is 2.19. The van der Waals surface area contributed by atoms with E-state index in [0.29, 0.717) is 28.3 Å². The number of benzene rings is 3. The van der Waals surface area contributed by atoms with Crippen LogP contribution in [0, 0.1) is 6.92 Å². The highest BCUT2D eigenvalue weighted by atomic mass is 16.5. The summed E-state index contributed by atoms with van der Waals surface area (Å²) in [5, 5.41) is 3.55. The largest absolute Gasteiger partial charge is 0.497 e. The first kappa shape index (κ1) is 23.6. The van der Waals surface area contributed by atoms with Gasteiger partial charge in [0, 0.05) is 22.7 Å². The van der Waals surface area contributed by atoms with Gasteiger partial charge in [-0.3, -0.25) is 9.59 Å².